The molecule has 0 fully saturated rings. The van der Waals surface area contributed by atoms with Crippen LogP contribution in [0, 0.1) is 0 Å². The van der Waals surface area contributed by atoms with Crippen molar-refractivity contribution in [3.8, 4) is 0 Å². The van der Waals surface area contributed by atoms with E-state index in [1.54, 1.807) is 54.5 Å². The van der Waals surface area contributed by atoms with Gasteiger partial charge in [-0.1, -0.05) is 31.2 Å². The largest absolute Gasteiger partial charge is 0.404 e. The Morgan fingerprint density at radius 2 is 1.53 bits per heavy atom. The lowest BCUT2D eigenvalue weighted by Gasteiger charge is -2.18. The van der Waals surface area contributed by atoms with E-state index in [4.69, 9.17) is 11.6 Å². The second kappa shape index (κ2) is 9.89. The highest BCUT2D eigenvalue weighted by Crippen LogP contribution is 2.24. The first-order valence-corrected chi connectivity index (χ1v) is 10.2. The summed E-state index contributed by atoms with van der Waals surface area (Å²) in [6.07, 6.45) is 3.97. The summed E-state index contributed by atoms with van der Waals surface area (Å²) in [5, 5.41) is 1.03. The van der Waals surface area contributed by atoms with Crippen LogP contribution in [0.5, 0.6) is 0 Å². The number of nitrogens with zero attached hydrogens (tertiary/aromatic N) is 3. The molecular formula is C25H27N5O2. The lowest BCUT2D eigenvalue weighted by Crippen LogP contribution is -2.33. The average Bonchev–Trinajstić information content (AvgIpc) is 2.83. The SMILES string of the molecule is CCc1ccc(N(C)C(=O)c2ccnc(C(=CN)c3ccc(C(=O)N(C)N)cc3)c2)cc1. The normalized spacial score (nSPS) is 11.2. The van der Waals surface area contributed by atoms with Gasteiger partial charge in [-0.3, -0.25) is 19.6 Å². The number of amides is 2. The number of carbonyl (C=O) groups is 2. The maximum Gasteiger partial charge on any atom is 0.267 e. The number of aryl methyl sites for hydroxylation is 1. The van der Waals surface area contributed by atoms with Crippen LogP contribution in [0.25, 0.3) is 5.57 Å². The van der Waals surface area contributed by atoms with Gasteiger partial charge in [0.05, 0.1) is 5.69 Å². The van der Waals surface area contributed by atoms with Crippen molar-refractivity contribution in [3.05, 3.63) is 101 Å². The van der Waals surface area contributed by atoms with E-state index in [1.165, 1.54) is 18.8 Å². The molecule has 164 valence electrons. The van der Waals surface area contributed by atoms with Crippen LogP contribution in [0.3, 0.4) is 0 Å². The van der Waals surface area contributed by atoms with Gasteiger partial charge in [0, 0.05) is 48.9 Å². The van der Waals surface area contributed by atoms with E-state index in [-0.39, 0.29) is 11.8 Å². The third kappa shape index (κ3) is 4.84. The van der Waals surface area contributed by atoms with Gasteiger partial charge in [0.15, 0.2) is 0 Å². The van der Waals surface area contributed by atoms with E-state index in [2.05, 4.69) is 11.9 Å². The fourth-order valence-corrected chi connectivity index (χ4v) is 3.30. The smallest absolute Gasteiger partial charge is 0.267 e. The Balaban J connectivity index is 1.86. The minimum atomic E-state index is -0.296. The monoisotopic (exact) mass is 429 g/mol. The van der Waals surface area contributed by atoms with Gasteiger partial charge in [0.1, 0.15) is 0 Å². The van der Waals surface area contributed by atoms with Gasteiger partial charge in [-0.15, -0.1) is 0 Å². The molecule has 0 spiro atoms. The maximum absolute atomic E-state index is 13.1. The Morgan fingerprint density at radius 1 is 0.906 bits per heavy atom. The van der Waals surface area contributed by atoms with Crippen molar-refractivity contribution in [1.29, 1.82) is 0 Å². The molecule has 0 aliphatic carbocycles. The first-order valence-electron chi connectivity index (χ1n) is 10.2. The third-order valence-corrected chi connectivity index (χ3v) is 5.25. The summed E-state index contributed by atoms with van der Waals surface area (Å²) in [6, 6.07) is 18.2. The van der Waals surface area contributed by atoms with E-state index < -0.39 is 0 Å². The molecule has 1 aromatic heterocycles. The van der Waals surface area contributed by atoms with Crippen molar-refractivity contribution in [3.63, 3.8) is 0 Å². The lowest BCUT2D eigenvalue weighted by molar-refractivity contribution is 0.0795. The molecule has 0 saturated heterocycles. The maximum atomic E-state index is 13.1. The molecular weight excluding hydrogens is 402 g/mol. The number of pyridine rings is 1. The van der Waals surface area contributed by atoms with Crippen LogP contribution in [0.2, 0.25) is 0 Å². The zero-order chi connectivity index (χ0) is 23.3. The minimum Gasteiger partial charge on any atom is -0.404 e. The fourth-order valence-electron chi connectivity index (χ4n) is 3.30. The van der Waals surface area contributed by atoms with Gasteiger partial charge in [-0.25, -0.2) is 5.84 Å². The molecule has 3 rings (SSSR count). The number of anilines is 1. The molecule has 3 aromatic rings. The molecule has 2 aromatic carbocycles. The molecule has 0 unspecified atom stereocenters. The Morgan fingerprint density at radius 3 is 2.09 bits per heavy atom. The molecule has 0 aliphatic heterocycles. The van der Waals surface area contributed by atoms with Crippen LogP contribution >= 0.6 is 0 Å². The summed E-state index contributed by atoms with van der Waals surface area (Å²) in [7, 11) is 3.23. The van der Waals surface area contributed by atoms with Crippen molar-refractivity contribution >= 4 is 23.1 Å². The highest BCUT2D eigenvalue weighted by molar-refractivity contribution is 6.06. The zero-order valence-corrected chi connectivity index (χ0v) is 18.4. The molecule has 2 amide bonds. The zero-order valence-electron chi connectivity index (χ0n) is 18.4. The standard InChI is InChI=1S/C25H27N5O2/c1-4-17-5-11-21(12-6-17)29(2)24(31)20-13-14-28-23(15-20)22(16-26)18-7-9-19(10-8-18)25(32)30(3)27/h5-16H,4,26-27H2,1-3H3. The molecule has 4 N–H and O–H groups in total. The van der Waals surface area contributed by atoms with E-state index in [1.807, 2.05) is 24.3 Å². The second-order valence-electron chi connectivity index (χ2n) is 7.39. The summed E-state index contributed by atoms with van der Waals surface area (Å²) in [6.45, 7) is 2.09. The molecule has 0 saturated carbocycles. The Bertz CT molecular complexity index is 1140. The van der Waals surface area contributed by atoms with E-state index in [9.17, 15) is 9.59 Å². The number of aromatic nitrogens is 1. The number of hydrogen-bond donors (Lipinski definition) is 2. The van der Waals surface area contributed by atoms with Gasteiger partial charge in [-0.05, 0) is 53.9 Å². The summed E-state index contributed by atoms with van der Waals surface area (Å²) >= 11 is 0. The number of nitrogens with two attached hydrogens (primary N) is 2. The number of hydrazine groups is 1. The summed E-state index contributed by atoms with van der Waals surface area (Å²) in [5.74, 6) is 5.07. The van der Waals surface area contributed by atoms with Gasteiger partial charge < -0.3 is 10.6 Å². The summed E-state index contributed by atoms with van der Waals surface area (Å²) in [4.78, 5) is 31.1. The first kappa shape index (κ1) is 22.7. The van der Waals surface area contributed by atoms with Crippen LogP contribution in [0.15, 0.2) is 73.1 Å². The van der Waals surface area contributed by atoms with E-state index >= 15 is 0 Å². The molecule has 7 nitrogen and oxygen atoms in total. The van der Waals surface area contributed by atoms with Crippen molar-refractivity contribution in [1.82, 2.24) is 9.99 Å². The van der Waals surface area contributed by atoms with Crippen molar-refractivity contribution < 1.29 is 9.59 Å². The summed E-state index contributed by atoms with van der Waals surface area (Å²) < 4.78 is 0. The highest BCUT2D eigenvalue weighted by Gasteiger charge is 2.16. The number of rotatable bonds is 6. The minimum absolute atomic E-state index is 0.152. The van der Waals surface area contributed by atoms with Crippen LogP contribution < -0.4 is 16.5 Å². The van der Waals surface area contributed by atoms with Crippen molar-refractivity contribution in [2.45, 2.75) is 13.3 Å². The quantitative estimate of drug-likeness (QED) is 0.356. The summed E-state index contributed by atoms with van der Waals surface area (Å²) in [5.41, 5.74) is 10.8. The Labute approximate surface area is 187 Å². The number of hydrogen-bond acceptors (Lipinski definition) is 5. The predicted molar refractivity (Wildman–Crippen MR) is 127 cm³/mol. The van der Waals surface area contributed by atoms with Crippen LogP contribution in [0.1, 0.15) is 44.5 Å². The van der Waals surface area contributed by atoms with Gasteiger partial charge >= 0.3 is 0 Å². The molecule has 32 heavy (non-hydrogen) atoms. The van der Waals surface area contributed by atoms with E-state index in [0.717, 1.165) is 22.7 Å². The predicted octanol–water partition coefficient (Wildman–Crippen LogP) is 3.21. The third-order valence-electron chi connectivity index (χ3n) is 5.25. The van der Waals surface area contributed by atoms with Crippen LogP contribution in [-0.4, -0.2) is 35.9 Å². The Kier molecular flexibility index (Phi) is 7.02. The van der Waals surface area contributed by atoms with Crippen LogP contribution in [-0.2, 0) is 6.42 Å². The van der Waals surface area contributed by atoms with Gasteiger partial charge in [-0.2, -0.15) is 0 Å². The van der Waals surface area contributed by atoms with Crippen molar-refractivity contribution in [2.24, 2.45) is 11.6 Å². The Hall–Kier alpha value is -3.97. The van der Waals surface area contributed by atoms with E-state index in [0.29, 0.717) is 22.4 Å². The first-order chi connectivity index (χ1) is 15.3. The number of carbonyl (C=O) groups excluding carboxylic acids is 2. The van der Waals surface area contributed by atoms with Crippen molar-refractivity contribution in [2.75, 3.05) is 19.0 Å². The highest BCUT2D eigenvalue weighted by atomic mass is 16.2. The van der Waals surface area contributed by atoms with Crippen LogP contribution in [0.4, 0.5) is 5.69 Å². The molecule has 7 heteroatoms. The molecule has 0 bridgehead atoms. The van der Waals surface area contributed by atoms with Gasteiger partial charge in [0.2, 0.25) is 0 Å². The number of benzene rings is 2. The van der Waals surface area contributed by atoms with Gasteiger partial charge in [0.25, 0.3) is 11.8 Å². The molecule has 0 atom stereocenters. The molecule has 0 radical (unpaired) electrons. The molecule has 0 aliphatic rings. The molecule has 1 heterocycles. The second-order valence-corrected chi connectivity index (χ2v) is 7.39. The topological polar surface area (TPSA) is 106 Å². The average molecular weight is 430 g/mol. The lowest BCUT2D eigenvalue weighted by atomic mass is 10.00. The fraction of sp³-hybridized carbons (Fsp3) is 0.160.